The van der Waals surface area contributed by atoms with Crippen molar-refractivity contribution in [1.29, 1.82) is 0 Å². The van der Waals surface area contributed by atoms with Crippen LogP contribution in [0.5, 0.6) is 0 Å². The van der Waals surface area contributed by atoms with Gasteiger partial charge in [-0.15, -0.1) is 0 Å². The fourth-order valence-electron chi connectivity index (χ4n) is 1.91. The minimum absolute atomic E-state index is 0.212. The zero-order valence-corrected chi connectivity index (χ0v) is 13.4. The summed E-state index contributed by atoms with van der Waals surface area (Å²) in [7, 11) is 0. The van der Waals surface area contributed by atoms with Gasteiger partial charge in [-0.3, -0.25) is 9.89 Å². The molecule has 0 bridgehead atoms. The zero-order valence-electron chi connectivity index (χ0n) is 11.8. The minimum atomic E-state index is -0.450. The maximum Gasteiger partial charge on any atom is 0.272 e. The molecular formula is C14H19BrN4O. The molecule has 0 fully saturated rings. The van der Waals surface area contributed by atoms with Crippen molar-refractivity contribution in [3.63, 3.8) is 0 Å². The van der Waals surface area contributed by atoms with Crippen molar-refractivity contribution in [3.8, 4) is 0 Å². The molecule has 4 N–H and O–H groups in total. The SMILES string of the molecule is CC(C)C(C)(CN)NC(=O)c1n[nH]c2ccc(Br)cc12. The number of hydrogen-bond donors (Lipinski definition) is 3. The Morgan fingerprint density at radius 2 is 2.25 bits per heavy atom. The van der Waals surface area contributed by atoms with Crippen LogP contribution in [-0.2, 0) is 0 Å². The van der Waals surface area contributed by atoms with Gasteiger partial charge in [-0.2, -0.15) is 5.10 Å². The van der Waals surface area contributed by atoms with Crippen LogP contribution in [0.4, 0.5) is 0 Å². The number of carbonyl (C=O) groups excluding carboxylic acids is 1. The molecule has 0 saturated carbocycles. The summed E-state index contributed by atoms with van der Waals surface area (Å²) in [6, 6.07) is 5.66. The van der Waals surface area contributed by atoms with Crippen LogP contribution in [0.3, 0.4) is 0 Å². The molecule has 0 spiro atoms. The number of halogens is 1. The van der Waals surface area contributed by atoms with Crippen LogP contribution in [0, 0.1) is 5.92 Å². The molecule has 0 aliphatic heterocycles. The Hall–Kier alpha value is -1.40. The molecule has 108 valence electrons. The first-order chi connectivity index (χ1) is 9.37. The van der Waals surface area contributed by atoms with Crippen molar-refractivity contribution >= 4 is 32.7 Å². The monoisotopic (exact) mass is 338 g/mol. The highest BCUT2D eigenvalue weighted by molar-refractivity contribution is 9.10. The molecule has 1 aromatic heterocycles. The number of rotatable bonds is 4. The van der Waals surface area contributed by atoms with E-state index in [9.17, 15) is 4.79 Å². The molecule has 2 aromatic rings. The third-order valence-corrected chi connectivity index (χ3v) is 4.33. The summed E-state index contributed by atoms with van der Waals surface area (Å²) in [4.78, 5) is 12.4. The third-order valence-electron chi connectivity index (χ3n) is 3.84. The molecule has 1 unspecified atom stereocenters. The number of nitrogens with one attached hydrogen (secondary N) is 2. The summed E-state index contributed by atoms with van der Waals surface area (Å²) in [6.45, 7) is 6.39. The lowest BCUT2D eigenvalue weighted by Crippen LogP contribution is -2.55. The number of aromatic nitrogens is 2. The van der Waals surface area contributed by atoms with Gasteiger partial charge in [-0.05, 0) is 31.0 Å². The second-order valence-electron chi connectivity index (χ2n) is 5.49. The van der Waals surface area contributed by atoms with Gasteiger partial charge in [0.15, 0.2) is 5.69 Å². The Bertz CT molecular complexity index is 637. The quantitative estimate of drug-likeness (QED) is 0.800. The van der Waals surface area contributed by atoms with Gasteiger partial charge in [0.1, 0.15) is 0 Å². The van der Waals surface area contributed by atoms with Gasteiger partial charge >= 0.3 is 0 Å². The van der Waals surface area contributed by atoms with Crippen molar-refractivity contribution in [2.75, 3.05) is 6.54 Å². The van der Waals surface area contributed by atoms with E-state index in [1.165, 1.54) is 0 Å². The fraction of sp³-hybridized carbons (Fsp3) is 0.429. The van der Waals surface area contributed by atoms with E-state index in [1.807, 2.05) is 39.0 Å². The molecule has 0 radical (unpaired) electrons. The molecule has 1 aromatic carbocycles. The molecule has 6 heteroatoms. The van der Waals surface area contributed by atoms with Crippen LogP contribution >= 0.6 is 15.9 Å². The standard InChI is InChI=1S/C14H19BrN4O/c1-8(2)14(3,7-16)17-13(20)12-10-6-9(15)4-5-11(10)18-19-12/h4-6,8H,7,16H2,1-3H3,(H,17,20)(H,18,19). The van der Waals surface area contributed by atoms with Crippen molar-refractivity contribution in [2.24, 2.45) is 11.7 Å². The highest BCUT2D eigenvalue weighted by atomic mass is 79.9. The Balaban J connectivity index is 2.34. The number of nitrogens with two attached hydrogens (primary N) is 1. The topological polar surface area (TPSA) is 83.8 Å². The van der Waals surface area contributed by atoms with Gasteiger partial charge in [0.05, 0.1) is 11.1 Å². The lowest BCUT2D eigenvalue weighted by molar-refractivity contribution is 0.0879. The Morgan fingerprint density at radius 3 is 2.85 bits per heavy atom. The third kappa shape index (κ3) is 2.71. The van der Waals surface area contributed by atoms with Crippen molar-refractivity contribution in [3.05, 3.63) is 28.4 Å². The molecule has 0 aliphatic rings. The van der Waals surface area contributed by atoms with E-state index < -0.39 is 5.54 Å². The van der Waals surface area contributed by atoms with E-state index in [-0.39, 0.29) is 11.8 Å². The predicted octanol–water partition coefficient (Wildman–Crippen LogP) is 2.43. The van der Waals surface area contributed by atoms with E-state index in [0.29, 0.717) is 12.2 Å². The van der Waals surface area contributed by atoms with Crippen LogP contribution in [-0.4, -0.2) is 28.2 Å². The van der Waals surface area contributed by atoms with Crippen molar-refractivity contribution < 1.29 is 4.79 Å². The van der Waals surface area contributed by atoms with E-state index in [4.69, 9.17) is 5.73 Å². The number of aromatic amines is 1. The largest absolute Gasteiger partial charge is 0.344 e. The average Bonchev–Trinajstić information content (AvgIpc) is 2.81. The van der Waals surface area contributed by atoms with Gasteiger partial charge in [-0.25, -0.2) is 0 Å². The number of benzene rings is 1. The van der Waals surface area contributed by atoms with E-state index in [1.54, 1.807) is 0 Å². The summed E-state index contributed by atoms with van der Waals surface area (Å²) in [5, 5.41) is 10.8. The first-order valence-corrected chi connectivity index (χ1v) is 7.33. The van der Waals surface area contributed by atoms with Gasteiger partial charge in [0.2, 0.25) is 0 Å². The summed E-state index contributed by atoms with van der Waals surface area (Å²) in [6.07, 6.45) is 0. The van der Waals surface area contributed by atoms with Crippen LogP contribution in [0.1, 0.15) is 31.3 Å². The highest BCUT2D eigenvalue weighted by Crippen LogP contribution is 2.22. The molecule has 20 heavy (non-hydrogen) atoms. The number of amides is 1. The van der Waals surface area contributed by atoms with Crippen molar-refractivity contribution in [1.82, 2.24) is 15.5 Å². The molecule has 5 nitrogen and oxygen atoms in total. The van der Waals surface area contributed by atoms with Crippen LogP contribution in [0.25, 0.3) is 10.9 Å². The smallest absolute Gasteiger partial charge is 0.272 e. The highest BCUT2D eigenvalue weighted by Gasteiger charge is 2.30. The number of carbonyl (C=O) groups is 1. The molecular weight excluding hydrogens is 320 g/mol. The first kappa shape index (κ1) is 15.0. The summed E-state index contributed by atoms with van der Waals surface area (Å²) >= 11 is 3.41. The average molecular weight is 339 g/mol. The molecule has 1 amide bonds. The van der Waals surface area contributed by atoms with Crippen LogP contribution < -0.4 is 11.1 Å². The van der Waals surface area contributed by atoms with Crippen LogP contribution in [0.2, 0.25) is 0 Å². The van der Waals surface area contributed by atoms with Crippen LogP contribution in [0.15, 0.2) is 22.7 Å². The second-order valence-corrected chi connectivity index (χ2v) is 6.41. The Morgan fingerprint density at radius 1 is 1.55 bits per heavy atom. The first-order valence-electron chi connectivity index (χ1n) is 6.53. The molecule has 1 heterocycles. The lowest BCUT2D eigenvalue weighted by Gasteiger charge is -2.33. The maximum atomic E-state index is 12.4. The maximum absolute atomic E-state index is 12.4. The van der Waals surface area contributed by atoms with E-state index in [0.717, 1.165) is 15.4 Å². The molecule has 1 atom stereocenters. The van der Waals surface area contributed by atoms with E-state index in [2.05, 4.69) is 31.4 Å². The number of nitrogens with zero attached hydrogens (tertiary/aromatic N) is 1. The van der Waals surface area contributed by atoms with Gasteiger partial charge in [0.25, 0.3) is 5.91 Å². The fourth-order valence-corrected chi connectivity index (χ4v) is 2.27. The minimum Gasteiger partial charge on any atom is -0.344 e. The zero-order chi connectivity index (χ0) is 14.9. The summed E-state index contributed by atoms with van der Waals surface area (Å²) in [5.41, 5.74) is 6.57. The predicted molar refractivity (Wildman–Crippen MR) is 83.6 cm³/mol. The molecule has 0 saturated heterocycles. The normalized spacial score (nSPS) is 14.5. The van der Waals surface area contributed by atoms with Crippen molar-refractivity contribution in [2.45, 2.75) is 26.3 Å². The van der Waals surface area contributed by atoms with Gasteiger partial charge < -0.3 is 11.1 Å². The van der Waals surface area contributed by atoms with Gasteiger partial charge in [0, 0.05) is 16.4 Å². The number of H-pyrrole nitrogens is 1. The Kier molecular flexibility index (Phi) is 4.15. The number of fused-ring (bicyclic) bond motifs is 1. The molecule has 0 aliphatic carbocycles. The van der Waals surface area contributed by atoms with E-state index >= 15 is 0 Å². The lowest BCUT2D eigenvalue weighted by atomic mass is 9.88. The number of hydrogen-bond acceptors (Lipinski definition) is 3. The Labute approximate surface area is 126 Å². The molecule has 2 rings (SSSR count). The summed E-state index contributed by atoms with van der Waals surface area (Å²) < 4.78 is 0.908. The second kappa shape index (κ2) is 5.54. The van der Waals surface area contributed by atoms with Gasteiger partial charge in [-0.1, -0.05) is 29.8 Å². The summed E-state index contributed by atoms with van der Waals surface area (Å²) in [5.74, 6) is 0.0180.